The molecule has 0 bridgehead atoms. The topological polar surface area (TPSA) is 21.6 Å². The Morgan fingerprint density at radius 1 is 1.23 bits per heavy atom. The summed E-state index contributed by atoms with van der Waals surface area (Å²) in [4.78, 5) is 4.28. The number of hydrogen-bond acceptors (Lipinski definition) is 2. The van der Waals surface area contributed by atoms with E-state index in [2.05, 4.69) is 11.1 Å². The van der Waals surface area contributed by atoms with E-state index in [1.165, 1.54) is 5.56 Å². The Morgan fingerprint density at radius 2 is 2.00 bits per heavy atom. The molecule has 13 heavy (non-hydrogen) atoms. The van der Waals surface area contributed by atoms with Crippen LogP contribution in [0.4, 0.5) is 0 Å². The molecule has 2 rings (SSSR count). The lowest BCUT2D eigenvalue weighted by molar-refractivity contribution is 0.414. The number of ether oxygens (including phenoxy) is 1. The van der Waals surface area contributed by atoms with Gasteiger partial charge in [-0.3, -0.25) is 4.99 Å². The minimum Gasteiger partial charge on any atom is -0.497 e. The van der Waals surface area contributed by atoms with Gasteiger partial charge in [0, 0.05) is 6.21 Å². The van der Waals surface area contributed by atoms with E-state index in [9.17, 15) is 0 Å². The first kappa shape index (κ1) is 8.05. The number of rotatable bonds is 2. The summed E-state index contributed by atoms with van der Waals surface area (Å²) in [7, 11) is 1.67. The molecule has 1 aromatic rings. The van der Waals surface area contributed by atoms with Gasteiger partial charge in [0.15, 0.2) is 0 Å². The molecular weight excluding hydrogens is 162 g/mol. The fraction of sp³-hybridized carbons (Fsp3) is 0.182. The summed E-state index contributed by atoms with van der Waals surface area (Å²) < 4.78 is 5.08. The minimum absolute atomic E-state index is 0.200. The summed E-state index contributed by atoms with van der Waals surface area (Å²) in [5.41, 5.74) is 1.20. The summed E-state index contributed by atoms with van der Waals surface area (Å²) >= 11 is 0. The van der Waals surface area contributed by atoms with Crippen molar-refractivity contribution in [2.75, 3.05) is 7.11 Å². The number of nitrogens with zero attached hydrogens (tertiary/aromatic N) is 1. The lowest BCUT2D eigenvalue weighted by atomic mass is 10.1. The van der Waals surface area contributed by atoms with E-state index in [0.717, 1.165) is 5.75 Å². The maximum Gasteiger partial charge on any atom is 0.118 e. The molecule has 0 N–H and O–H groups in total. The molecule has 0 radical (unpaired) electrons. The van der Waals surface area contributed by atoms with Crippen molar-refractivity contribution < 1.29 is 4.74 Å². The third kappa shape index (κ3) is 1.61. The van der Waals surface area contributed by atoms with Gasteiger partial charge >= 0.3 is 0 Å². The van der Waals surface area contributed by atoms with Gasteiger partial charge in [0.05, 0.1) is 13.2 Å². The smallest absolute Gasteiger partial charge is 0.118 e. The molecule has 2 nitrogen and oxygen atoms in total. The van der Waals surface area contributed by atoms with Crippen LogP contribution in [0.5, 0.6) is 5.75 Å². The molecule has 66 valence electrons. The van der Waals surface area contributed by atoms with Crippen LogP contribution >= 0.6 is 0 Å². The van der Waals surface area contributed by atoms with Gasteiger partial charge in [0.2, 0.25) is 0 Å². The van der Waals surface area contributed by atoms with Crippen molar-refractivity contribution >= 4 is 6.21 Å². The molecule has 0 saturated carbocycles. The van der Waals surface area contributed by atoms with Crippen molar-refractivity contribution in [3.63, 3.8) is 0 Å². The van der Waals surface area contributed by atoms with Gasteiger partial charge in [-0.2, -0.15) is 0 Å². The van der Waals surface area contributed by atoms with E-state index >= 15 is 0 Å². The van der Waals surface area contributed by atoms with Gasteiger partial charge in [-0.1, -0.05) is 18.2 Å². The second-order valence-corrected chi connectivity index (χ2v) is 2.90. The molecule has 0 amide bonds. The minimum atomic E-state index is 0.200. The van der Waals surface area contributed by atoms with Crippen LogP contribution < -0.4 is 4.74 Å². The van der Waals surface area contributed by atoms with Crippen molar-refractivity contribution in [1.29, 1.82) is 0 Å². The zero-order valence-electron chi connectivity index (χ0n) is 7.47. The molecule has 1 aliphatic rings. The van der Waals surface area contributed by atoms with E-state index in [4.69, 9.17) is 4.74 Å². The fourth-order valence-corrected chi connectivity index (χ4v) is 1.35. The number of methoxy groups -OCH3 is 1. The van der Waals surface area contributed by atoms with Crippen molar-refractivity contribution in [2.45, 2.75) is 6.04 Å². The molecule has 1 atom stereocenters. The average molecular weight is 173 g/mol. The molecule has 2 heteroatoms. The van der Waals surface area contributed by atoms with Gasteiger partial charge in [-0.05, 0) is 23.8 Å². The highest BCUT2D eigenvalue weighted by Crippen LogP contribution is 2.23. The second kappa shape index (κ2) is 3.44. The lowest BCUT2D eigenvalue weighted by Crippen LogP contribution is -1.89. The molecule has 1 aromatic carbocycles. The normalized spacial score (nSPS) is 19.3. The van der Waals surface area contributed by atoms with Crippen LogP contribution in [0.25, 0.3) is 0 Å². The molecule has 0 fully saturated rings. The Bertz CT molecular complexity index is 326. The standard InChI is InChI=1S/C11H11NO/c1-13-10-6-4-9(5-7-10)11-3-2-8-12-11/h2-8,11H,1H3. The molecule has 1 unspecified atom stereocenters. The predicted molar refractivity (Wildman–Crippen MR) is 53.4 cm³/mol. The molecule has 1 aliphatic heterocycles. The van der Waals surface area contributed by atoms with Crippen molar-refractivity contribution in [3.05, 3.63) is 42.0 Å². The molecule has 0 aliphatic carbocycles. The largest absolute Gasteiger partial charge is 0.497 e. The van der Waals surface area contributed by atoms with E-state index in [1.54, 1.807) is 7.11 Å². The average Bonchev–Trinajstić information content (AvgIpc) is 2.71. The first-order valence-electron chi connectivity index (χ1n) is 4.24. The monoisotopic (exact) mass is 173 g/mol. The summed E-state index contributed by atoms with van der Waals surface area (Å²) in [6, 6.07) is 8.19. The van der Waals surface area contributed by atoms with E-state index < -0.39 is 0 Å². The first-order chi connectivity index (χ1) is 6.40. The highest BCUT2D eigenvalue weighted by atomic mass is 16.5. The third-order valence-corrected chi connectivity index (χ3v) is 2.08. The highest BCUT2D eigenvalue weighted by molar-refractivity contribution is 5.74. The van der Waals surface area contributed by atoms with Crippen LogP contribution in [-0.4, -0.2) is 13.3 Å². The predicted octanol–water partition coefficient (Wildman–Crippen LogP) is 2.38. The van der Waals surface area contributed by atoms with Crippen molar-refractivity contribution in [2.24, 2.45) is 4.99 Å². The van der Waals surface area contributed by atoms with Gasteiger partial charge in [0.25, 0.3) is 0 Å². The zero-order valence-corrected chi connectivity index (χ0v) is 7.47. The molecule has 1 heterocycles. The maximum absolute atomic E-state index is 5.08. The van der Waals surface area contributed by atoms with Crippen LogP contribution in [0.1, 0.15) is 11.6 Å². The molecular formula is C11H11NO. The molecule has 0 spiro atoms. The Kier molecular flexibility index (Phi) is 2.13. The summed E-state index contributed by atoms with van der Waals surface area (Å²) in [6.07, 6.45) is 5.87. The van der Waals surface area contributed by atoms with Crippen LogP contribution in [0, 0.1) is 0 Å². The summed E-state index contributed by atoms with van der Waals surface area (Å²) in [5.74, 6) is 0.884. The summed E-state index contributed by atoms with van der Waals surface area (Å²) in [6.45, 7) is 0. The van der Waals surface area contributed by atoms with E-state index in [0.29, 0.717) is 0 Å². The number of hydrogen-bond donors (Lipinski definition) is 0. The molecule has 0 saturated heterocycles. The maximum atomic E-state index is 5.08. The highest BCUT2D eigenvalue weighted by Gasteiger charge is 2.07. The Hall–Kier alpha value is -1.57. The number of benzene rings is 1. The van der Waals surface area contributed by atoms with Gasteiger partial charge < -0.3 is 4.74 Å². The third-order valence-electron chi connectivity index (χ3n) is 2.08. The SMILES string of the molecule is COc1ccc(C2C=CC=N2)cc1. The number of allylic oxidation sites excluding steroid dienone is 1. The van der Waals surface area contributed by atoms with Crippen LogP contribution in [-0.2, 0) is 0 Å². The fourth-order valence-electron chi connectivity index (χ4n) is 1.35. The van der Waals surface area contributed by atoms with Crippen molar-refractivity contribution in [1.82, 2.24) is 0 Å². The van der Waals surface area contributed by atoms with Crippen LogP contribution in [0.2, 0.25) is 0 Å². The zero-order chi connectivity index (χ0) is 9.10. The Balaban J connectivity index is 2.22. The summed E-state index contributed by atoms with van der Waals surface area (Å²) in [5, 5.41) is 0. The quantitative estimate of drug-likeness (QED) is 0.672. The van der Waals surface area contributed by atoms with E-state index in [1.807, 2.05) is 36.6 Å². The molecule has 0 aromatic heterocycles. The lowest BCUT2D eigenvalue weighted by Gasteiger charge is -2.05. The van der Waals surface area contributed by atoms with Gasteiger partial charge in [-0.25, -0.2) is 0 Å². The van der Waals surface area contributed by atoms with Crippen LogP contribution in [0.3, 0.4) is 0 Å². The van der Waals surface area contributed by atoms with Gasteiger partial charge in [0.1, 0.15) is 5.75 Å². The number of aliphatic imine (C=N–C) groups is 1. The Labute approximate surface area is 77.6 Å². The van der Waals surface area contributed by atoms with Crippen LogP contribution in [0.15, 0.2) is 41.4 Å². The first-order valence-corrected chi connectivity index (χ1v) is 4.24. The van der Waals surface area contributed by atoms with E-state index in [-0.39, 0.29) is 6.04 Å². The second-order valence-electron chi connectivity index (χ2n) is 2.90. The Morgan fingerprint density at radius 3 is 2.54 bits per heavy atom. The van der Waals surface area contributed by atoms with Gasteiger partial charge in [-0.15, -0.1) is 0 Å². The van der Waals surface area contributed by atoms with Crippen molar-refractivity contribution in [3.8, 4) is 5.75 Å².